The zero-order valence-corrected chi connectivity index (χ0v) is 10.7. The highest BCUT2D eigenvalue weighted by molar-refractivity contribution is 8.00. The molecule has 0 unspecified atom stereocenters. The van der Waals surface area contributed by atoms with Gasteiger partial charge in [0.15, 0.2) is 0 Å². The van der Waals surface area contributed by atoms with Gasteiger partial charge in [0.05, 0.1) is 12.4 Å². The molecule has 2 N–H and O–H groups in total. The predicted octanol–water partition coefficient (Wildman–Crippen LogP) is 1.65. The van der Waals surface area contributed by atoms with E-state index in [4.69, 9.17) is 10.5 Å². The van der Waals surface area contributed by atoms with Gasteiger partial charge in [-0.15, -0.1) is 11.8 Å². The third-order valence-corrected chi connectivity index (χ3v) is 3.34. The Balaban J connectivity index is 2.69. The molecule has 0 spiro atoms. The molecule has 0 bridgehead atoms. The fourth-order valence-corrected chi connectivity index (χ4v) is 2.23. The monoisotopic (exact) mass is 271 g/mol. The number of ether oxygens (including phenoxy) is 1. The molecule has 18 heavy (non-hydrogen) atoms. The number of amides is 1. The van der Waals surface area contributed by atoms with Gasteiger partial charge >= 0.3 is 5.97 Å². The van der Waals surface area contributed by atoms with E-state index in [-0.39, 0.29) is 12.4 Å². The fraction of sp³-hybridized carbons (Fsp3) is 0.333. The summed E-state index contributed by atoms with van der Waals surface area (Å²) in [6, 6.07) is 5.44. The Morgan fingerprint density at radius 3 is 2.50 bits per heavy atom. The minimum Gasteiger partial charge on any atom is -0.465 e. The highest BCUT2D eigenvalue weighted by Gasteiger charge is 2.20. The van der Waals surface area contributed by atoms with E-state index in [1.165, 1.54) is 24.3 Å². The molecule has 0 saturated carbocycles. The Bertz CT molecular complexity index is 422. The predicted molar refractivity (Wildman–Crippen MR) is 67.4 cm³/mol. The lowest BCUT2D eigenvalue weighted by molar-refractivity contribution is -0.139. The molecular weight excluding hydrogens is 257 g/mol. The number of thioether (sulfide) groups is 1. The van der Waals surface area contributed by atoms with E-state index >= 15 is 0 Å². The second kappa shape index (κ2) is 7.00. The summed E-state index contributed by atoms with van der Waals surface area (Å²) in [6.07, 6.45) is 0. The van der Waals surface area contributed by atoms with Gasteiger partial charge in [-0.2, -0.15) is 0 Å². The Hall–Kier alpha value is -1.56. The number of esters is 1. The first-order valence-corrected chi connectivity index (χ1v) is 6.41. The van der Waals surface area contributed by atoms with E-state index in [1.807, 2.05) is 0 Å². The van der Waals surface area contributed by atoms with Crippen molar-refractivity contribution in [2.75, 3.05) is 12.4 Å². The summed E-state index contributed by atoms with van der Waals surface area (Å²) in [4.78, 5) is 22.5. The van der Waals surface area contributed by atoms with Gasteiger partial charge in [0.1, 0.15) is 11.1 Å². The zero-order valence-electron chi connectivity index (χ0n) is 9.89. The van der Waals surface area contributed by atoms with E-state index in [9.17, 15) is 14.0 Å². The molecule has 6 heteroatoms. The van der Waals surface area contributed by atoms with Crippen LogP contribution in [0.5, 0.6) is 0 Å². The van der Waals surface area contributed by atoms with Crippen molar-refractivity contribution in [1.29, 1.82) is 0 Å². The van der Waals surface area contributed by atoms with Crippen LogP contribution in [0.15, 0.2) is 24.3 Å². The van der Waals surface area contributed by atoms with Crippen LogP contribution in [0, 0.1) is 5.82 Å². The highest BCUT2D eigenvalue weighted by atomic mass is 32.2. The van der Waals surface area contributed by atoms with Gasteiger partial charge < -0.3 is 10.5 Å². The number of carbonyl (C=O) groups excluding carboxylic acids is 2. The fourth-order valence-electron chi connectivity index (χ4n) is 1.33. The third kappa shape index (κ3) is 4.37. The van der Waals surface area contributed by atoms with Gasteiger partial charge in [-0.3, -0.25) is 9.59 Å². The summed E-state index contributed by atoms with van der Waals surface area (Å²) in [6.45, 7) is 1.99. The number of benzene rings is 1. The number of carbonyl (C=O) groups is 2. The molecule has 4 nitrogen and oxygen atoms in total. The summed E-state index contributed by atoms with van der Waals surface area (Å²) in [5.74, 6) is -1.34. The summed E-state index contributed by atoms with van der Waals surface area (Å²) in [5.41, 5.74) is 5.83. The Labute approximate surface area is 109 Å². The first kappa shape index (κ1) is 14.5. The van der Waals surface area contributed by atoms with Gasteiger partial charge in [-0.25, -0.2) is 4.39 Å². The van der Waals surface area contributed by atoms with E-state index in [2.05, 4.69) is 0 Å². The van der Waals surface area contributed by atoms with Crippen molar-refractivity contribution in [3.05, 3.63) is 35.6 Å². The molecule has 1 atom stereocenters. The van der Waals surface area contributed by atoms with Crippen LogP contribution in [0.25, 0.3) is 0 Å². The molecule has 0 aliphatic heterocycles. The number of primary amides is 1. The second-order valence-corrected chi connectivity index (χ2v) is 4.54. The van der Waals surface area contributed by atoms with Gasteiger partial charge in [0, 0.05) is 0 Å². The molecule has 0 radical (unpaired) electrons. The van der Waals surface area contributed by atoms with Crippen LogP contribution in [0.3, 0.4) is 0 Å². The molecular formula is C12H14FNO3S. The normalized spacial score (nSPS) is 11.9. The van der Waals surface area contributed by atoms with Crippen molar-refractivity contribution < 1.29 is 18.7 Å². The van der Waals surface area contributed by atoms with E-state index < -0.39 is 22.9 Å². The van der Waals surface area contributed by atoms with Crippen LogP contribution in [-0.2, 0) is 14.3 Å². The molecule has 0 aliphatic rings. The van der Waals surface area contributed by atoms with Crippen LogP contribution >= 0.6 is 11.8 Å². The minimum absolute atomic E-state index is 0.0266. The molecule has 0 aliphatic carbocycles. The van der Waals surface area contributed by atoms with Crippen molar-refractivity contribution in [3.8, 4) is 0 Å². The van der Waals surface area contributed by atoms with E-state index in [0.717, 1.165) is 11.8 Å². The van der Waals surface area contributed by atoms with Gasteiger partial charge in [0.2, 0.25) is 5.91 Å². The molecule has 0 aromatic heterocycles. The Morgan fingerprint density at radius 2 is 2.00 bits per heavy atom. The maximum absolute atomic E-state index is 12.8. The number of halogens is 1. The van der Waals surface area contributed by atoms with Crippen molar-refractivity contribution in [2.24, 2.45) is 5.73 Å². The smallest absolute Gasteiger partial charge is 0.315 e. The van der Waals surface area contributed by atoms with Crippen LogP contribution in [0.1, 0.15) is 17.7 Å². The molecule has 98 valence electrons. The first-order chi connectivity index (χ1) is 8.54. The van der Waals surface area contributed by atoms with Gasteiger partial charge in [0.25, 0.3) is 0 Å². The number of nitrogens with two attached hydrogens (primary N) is 1. The van der Waals surface area contributed by atoms with E-state index in [0.29, 0.717) is 5.56 Å². The molecule has 1 aromatic carbocycles. The summed E-state index contributed by atoms with van der Waals surface area (Å²) in [7, 11) is 0. The molecule has 1 aromatic rings. The maximum Gasteiger partial charge on any atom is 0.315 e. The van der Waals surface area contributed by atoms with Gasteiger partial charge in [-0.1, -0.05) is 12.1 Å². The molecule has 0 fully saturated rings. The van der Waals surface area contributed by atoms with E-state index in [1.54, 1.807) is 6.92 Å². The molecule has 0 heterocycles. The lowest BCUT2D eigenvalue weighted by Crippen LogP contribution is -2.20. The quantitative estimate of drug-likeness (QED) is 0.799. The number of rotatable bonds is 6. The second-order valence-electron chi connectivity index (χ2n) is 3.45. The van der Waals surface area contributed by atoms with Crippen LogP contribution in [0.2, 0.25) is 0 Å². The minimum atomic E-state index is -0.685. The van der Waals surface area contributed by atoms with Crippen LogP contribution in [-0.4, -0.2) is 24.2 Å². The largest absolute Gasteiger partial charge is 0.465 e. The lowest BCUT2D eigenvalue weighted by atomic mass is 10.1. The molecule has 1 rings (SSSR count). The molecule has 1 amide bonds. The maximum atomic E-state index is 12.8. The Kier molecular flexibility index (Phi) is 5.64. The van der Waals surface area contributed by atoms with Crippen LogP contribution in [0.4, 0.5) is 4.39 Å². The van der Waals surface area contributed by atoms with Gasteiger partial charge in [-0.05, 0) is 24.6 Å². The van der Waals surface area contributed by atoms with Crippen molar-refractivity contribution in [3.63, 3.8) is 0 Å². The number of hydrogen-bond acceptors (Lipinski definition) is 4. The SMILES string of the molecule is CCOC(=O)CS[C@H](C(N)=O)c1ccc(F)cc1. The summed E-state index contributed by atoms with van der Waals surface area (Å²) >= 11 is 1.07. The molecule has 0 saturated heterocycles. The summed E-state index contributed by atoms with van der Waals surface area (Å²) < 4.78 is 17.5. The topological polar surface area (TPSA) is 69.4 Å². The van der Waals surface area contributed by atoms with Crippen LogP contribution < -0.4 is 5.73 Å². The lowest BCUT2D eigenvalue weighted by Gasteiger charge is -2.12. The third-order valence-electron chi connectivity index (χ3n) is 2.10. The van der Waals surface area contributed by atoms with Crippen molar-refractivity contribution >= 4 is 23.6 Å². The first-order valence-electron chi connectivity index (χ1n) is 5.36. The average Bonchev–Trinajstić information content (AvgIpc) is 2.31. The number of hydrogen-bond donors (Lipinski definition) is 1. The standard InChI is InChI=1S/C12H14FNO3S/c1-2-17-10(15)7-18-11(12(14)16)8-3-5-9(13)6-4-8/h3-6,11H,2,7H2,1H3,(H2,14,16)/t11-/m0/s1. The van der Waals surface area contributed by atoms with Crippen molar-refractivity contribution in [1.82, 2.24) is 0 Å². The highest BCUT2D eigenvalue weighted by Crippen LogP contribution is 2.28. The summed E-state index contributed by atoms with van der Waals surface area (Å²) in [5, 5.41) is -0.685. The van der Waals surface area contributed by atoms with Crippen molar-refractivity contribution in [2.45, 2.75) is 12.2 Å². The average molecular weight is 271 g/mol. The Morgan fingerprint density at radius 1 is 1.39 bits per heavy atom. The zero-order chi connectivity index (χ0) is 13.5.